The molecule has 1 aromatic carbocycles. The van der Waals surface area contributed by atoms with Crippen molar-refractivity contribution in [3.63, 3.8) is 0 Å². The predicted octanol–water partition coefficient (Wildman–Crippen LogP) is 3.76. The quantitative estimate of drug-likeness (QED) is 0.450. The fraction of sp³-hybridized carbons (Fsp3) is 0.190. The molecule has 0 saturated heterocycles. The summed E-state index contributed by atoms with van der Waals surface area (Å²) in [4.78, 5) is 4.89. The number of hydroxylamine groups is 1. The number of hydrogen-bond donors (Lipinski definition) is 3. The lowest BCUT2D eigenvalue weighted by Crippen LogP contribution is -2.17. The molecule has 1 aliphatic rings. The molecule has 1 fully saturated rings. The first kappa shape index (κ1) is 16.6. The van der Waals surface area contributed by atoms with Crippen LogP contribution in [0.4, 0.5) is 0 Å². The van der Waals surface area contributed by atoms with E-state index in [9.17, 15) is 0 Å². The number of aromatic nitrogens is 2. The lowest BCUT2D eigenvalue weighted by Gasteiger charge is -2.07. The second-order valence-corrected chi connectivity index (χ2v) is 6.59. The van der Waals surface area contributed by atoms with E-state index in [2.05, 4.69) is 28.4 Å². The van der Waals surface area contributed by atoms with Crippen LogP contribution in [0.5, 0.6) is 0 Å². The van der Waals surface area contributed by atoms with E-state index in [1.54, 1.807) is 6.08 Å². The fourth-order valence-corrected chi connectivity index (χ4v) is 2.97. The molecule has 4 rings (SSSR count). The minimum Gasteiger partial charge on any atom is -0.308 e. The van der Waals surface area contributed by atoms with Crippen molar-refractivity contribution in [1.29, 1.82) is 0 Å². The Labute approximate surface area is 152 Å². The van der Waals surface area contributed by atoms with E-state index in [4.69, 9.17) is 10.2 Å². The summed E-state index contributed by atoms with van der Waals surface area (Å²) < 4.78 is 2.15. The number of imidazole rings is 1. The van der Waals surface area contributed by atoms with Crippen LogP contribution in [-0.2, 0) is 6.54 Å². The predicted molar refractivity (Wildman–Crippen MR) is 104 cm³/mol. The van der Waals surface area contributed by atoms with Gasteiger partial charge >= 0.3 is 0 Å². The Morgan fingerprint density at radius 2 is 2.08 bits per heavy atom. The first-order valence-corrected chi connectivity index (χ1v) is 8.81. The van der Waals surface area contributed by atoms with Crippen molar-refractivity contribution in [2.75, 3.05) is 0 Å². The minimum atomic E-state index is 0.438. The summed E-state index contributed by atoms with van der Waals surface area (Å²) in [5.41, 5.74) is 7.69. The zero-order valence-corrected chi connectivity index (χ0v) is 14.5. The van der Waals surface area contributed by atoms with Crippen LogP contribution in [-0.4, -0.2) is 20.6 Å². The molecule has 0 spiro atoms. The van der Waals surface area contributed by atoms with Crippen LogP contribution in [0.25, 0.3) is 23.0 Å². The van der Waals surface area contributed by atoms with E-state index in [-0.39, 0.29) is 0 Å². The molecule has 0 unspecified atom stereocenters. The van der Waals surface area contributed by atoms with Gasteiger partial charge in [-0.1, -0.05) is 43.0 Å². The topological polar surface area (TPSA) is 61.6 Å². The van der Waals surface area contributed by atoms with Crippen molar-refractivity contribution in [1.82, 2.24) is 20.2 Å². The number of fused-ring (bicyclic) bond motifs is 1. The van der Waals surface area contributed by atoms with Gasteiger partial charge in [0.05, 0.1) is 17.1 Å². The summed E-state index contributed by atoms with van der Waals surface area (Å²) in [6, 6.07) is 15.0. The van der Waals surface area contributed by atoms with Crippen LogP contribution in [0.15, 0.2) is 67.0 Å². The summed E-state index contributed by atoms with van der Waals surface area (Å²) in [5.74, 6) is 0. The van der Waals surface area contributed by atoms with Gasteiger partial charge in [0, 0.05) is 24.3 Å². The number of nitrogens with one attached hydrogen (secondary N) is 2. The molecule has 26 heavy (non-hydrogen) atoms. The third-order valence-electron chi connectivity index (χ3n) is 4.55. The van der Waals surface area contributed by atoms with E-state index >= 15 is 0 Å². The van der Waals surface area contributed by atoms with Gasteiger partial charge in [-0.2, -0.15) is 0 Å². The Balaban J connectivity index is 1.74. The Kier molecular flexibility index (Phi) is 4.56. The molecule has 0 atom stereocenters. The summed E-state index contributed by atoms with van der Waals surface area (Å²) in [5, 5.41) is 12.4. The molecular weight excluding hydrogens is 324 g/mol. The number of hydrogen-bond acceptors (Lipinski definition) is 4. The Hall–Kier alpha value is -2.89. The monoisotopic (exact) mass is 346 g/mol. The first-order chi connectivity index (χ1) is 12.7. The molecule has 132 valence electrons. The van der Waals surface area contributed by atoms with Crippen LogP contribution in [0.2, 0.25) is 0 Å². The summed E-state index contributed by atoms with van der Waals surface area (Å²) in [6.45, 7) is 4.48. The lowest BCUT2D eigenvalue weighted by molar-refractivity contribution is 0.205. The molecule has 3 N–H and O–H groups in total. The van der Waals surface area contributed by atoms with Gasteiger partial charge in [0.15, 0.2) is 0 Å². The van der Waals surface area contributed by atoms with Gasteiger partial charge in [0.25, 0.3) is 0 Å². The van der Waals surface area contributed by atoms with Gasteiger partial charge < -0.3 is 9.72 Å². The lowest BCUT2D eigenvalue weighted by atomic mass is 10.1. The van der Waals surface area contributed by atoms with Crippen molar-refractivity contribution in [2.24, 2.45) is 0 Å². The highest BCUT2D eigenvalue weighted by atomic mass is 16.5. The highest BCUT2D eigenvalue weighted by molar-refractivity contribution is 5.68. The number of allylic oxidation sites excluding steroid dienone is 1. The van der Waals surface area contributed by atoms with Gasteiger partial charge in [0.1, 0.15) is 5.65 Å². The highest BCUT2D eigenvalue weighted by Gasteiger charge is 2.22. The molecule has 1 saturated carbocycles. The van der Waals surface area contributed by atoms with Gasteiger partial charge in [-0.3, -0.25) is 10.7 Å². The normalized spacial score (nSPS) is 14.2. The largest absolute Gasteiger partial charge is 0.308 e. The van der Waals surface area contributed by atoms with Crippen molar-refractivity contribution >= 4 is 11.7 Å². The maximum atomic E-state index is 8.84. The van der Waals surface area contributed by atoms with Crippen LogP contribution in [0.3, 0.4) is 0 Å². The maximum absolute atomic E-state index is 8.84. The van der Waals surface area contributed by atoms with Crippen LogP contribution in [0.1, 0.15) is 24.1 Å². The Bertz CT molecular complexity index is 955. The summed E-state index contributed by atoms with van der Waals surface area (Å²) in [7, 11) is 0. The second kappa shape index (κ2) is 7.15. The van der Waals surface area contributed by atoms with Crippen molar-refractivity contribution in [3.8, 4) is 11.3 Å². The molecule has 0 aliphatic heterocycles. The van der Waals surface area contributed by atoms with Gasteiger partial charge in [-0.05, 0) is 36.6 Å². The first-order valence-electron chi connectivity index (χ1n) is 8.81. The number of pyridine rings is 1. The average molecular weight is 346 g/mol. The summed E-state index contributed by atoms with van der Waals surface area (Å²) in [6.07, 6.45) is 8.19. The molecule has 0 bridgehead atoms. The smallest absolute Gasteiger partial charge is 0.138 e. The van der Waals surface area contributed by atoms with Crippen LogP contribution in [0, 0.1) is 0 Å². The fourth-order valence-electron chi connectivity index (χ4n) is 2.97. The van der Waals surface area contributed by atoms with Crippen molar-refractivity contribution in [2.45, 2.75) is 25.4 Å². The average Bonchev–Trinajstić information content (AvgIpc) is 3.44. The zero-order chi connectivity index (χ0) is 17.9. The van der Waals surface area contributed by atoms with Gasteiger partial charge in [-0.25, -0.2) is 4.98 Å². The van der Waals surface area contributed by atoms with E-state index < -0.39 is 0 Å². The molecule has 2 aromatic heterocycles. The molecule has 2 heterocycles. The van der Waals surface area contributed by atoms with E-state index in [0.29, 0.717) is 11.7 Å². The molecule has 5 heteroatoms. The third-order valence-corrected chi connectivity index (χ3v) is 4.55. The van der Waals surface area contributed by atoms with Gasteiger partial charge in [0.2, 0.25) is 0 Å². The van der Waals surface area contributed by atoms with E-state index in [1.807, 2.05) is 48.1 Å². The zero-order valence-electron chi connectivity index (χ0n) is 14.5. The summed E-state index contributed by atoms with van der Waals surface area (Å²) >= 11 is 0. The minimum absolute atomic E-state index is 0.438. The number of benzene rings is 1. The molecule has 0 radical (unpaired) electrons. The molecule has 1 aliphatic carbocycles. The number of rotatable bonds is 7. The van der Waals surface area contributed by atoms with E-state index in [1.165, 1.54) is 18.5 Å². The van der Waals surface area contributed by atoms with Crippen molar-refractivity contribution < 1.29 is 5.21 Å². The maximum Gasteiger partial charge on any atom is 0.138 e. The molecule has 3 aromatic rings. The van der Waals surface area contributed by atoms with E-state index in [0.717, 1.165) is 29.0 Å². The van der Waals surface area contributed by atoms with Gasteiger partial charge in [-0.15, -0.1) is 0 Å². The number of nitrogens with zero attached hydrogens (tertiary/aromatic N) is 2. The van der Waals surface area contributed by atoms with Crippen molar-refractivity contribution in [3.05, 3.63) is 78.3 Å². The molecular formula is C21H22N4O. The van der Waals surface area contributed by atoms with Crippen LogP contribution >= 0.6 is 0 Å². The third kappa shape index (κ3) is 3.54. The highest BCUT2D eigenvalue weighted by Crippen LogP contribution is 2.26. The molecule has 5 nitrogen and oxygen atoms in total. The second-order valence-electron chi connectivity index (χ2n) is 6.59. The van der Waals surface area contributed by atoms with Crippen LogP contribution < -0.4 is 10.8 Å². The Morgan fingerprint density at radius 1 is 1.27 bits per heavy atom. The standard InChI is InChI=1S/C21H22N4O/c1-15(24-26)7-8-16-11-12-25-19(14-22-18-9-10-18)21(23-20(25)13-16)17-5-3-2-4-6-17/h2-8,11-13,18,22,24,26H,1,9-10,14H2/b8-7+. The molecule has 0 amide bonds. The SMILES string of the molecule is C=C(/C=C/c1ccn2c(CNC3CC3)c(-c3ccccc3)nc2c1)NO. The Morgan fingerprint density at radius 3 is 2.81 bits per heavy atom.